The third-order valence-corrected chi connectivity index (χ3v) is 3.78. The molecule has 7 heteroatoms. The Morgan fingerprint density at radius 3 is 3.00 bits per heavy atom. The first kappa shape index (κ1) is 15.3. The fraction of sp³-hybridized carbons (Fsp3) is 0.692. The van der Waals surface area contributed by atoms with Gasteiger partial charge in [-0.3, -0.25) is 4.79 Å². The van der Waals surface area contributed by atoms with E-state index in [0.717, 1.165) is 32.6 Å². The highest BCUT2D eigenvalue weighted by Gasteiger charge is 2.15. The van der Waals surface area contributed by atoms with Gasteiger partial charge in [-0.05, 0) is 18.8 Å². The van der Waals surface area contributed by atoms with Crippen molar-refractivity contribution >= 4 is 17.3 Å². The van der Waals surface area contributed by atoms with Gasteiger partial charge in [-0.1, -0.05) is 11.6 Å². The summed E-state index contributed by atoms with van der Waals surface area (Å²) in [5.41, 5.74) is 0.303. The predicted octanol–water partition coefficient (Wildman–Crippen LogP) is 1.38. The topological polar surface area (TPSA) is 65.4 Å². The van der Waals surface area contributed by atoms with Gasteiger partial charge in [-0.15, -0.1) is 0 Å². The highest BCUT2D eigenvalue weighted by Crippen LogP contribution is 2.19. The second-order valence-corrected chi connectivity index (χ2v) is 5.21. The molecule has 2 heterocycles. The van der Waals surface area contributed by atoms with E-state index >= 15 is 0 Å². The molecule has 0 saturated carbocycles. The van der Waals surface area contributed by atoms with Crippen LogP contribution in [0, 0.1) is 5.92 Å². The van der Waals surface area contributed by atoms with Crippen molar-refractivity contribution in [1.82, 2.24) is 9.78 Å². The highest BCUT2D eigenvalue weighted by atomic mass is 35.5. The van der Waals surface area contributed by atoms with Crippen molar-refractivity contribution in [1.29, 1.82) is 0 Å². The van der Waals surface area contributed by atoms with Crippen LogP contribution in [0.5, 0.6) is 0 Å². The van der Waals surface area contributed by atoms with Gasteiger partial charge in [0.15, 0.2) is 0 Å². The van der Waals surface area contributed by atoms with Gasteiger partial charge in [0, 0.05) is 26.9 Å². The molecular formula is C13H20ClN3O3. The molecule has 6 nitrogen and oxygen atoms in total. The number of methoxy groups -OCH3 is 1. The van der Waals surface area contributed by atoms with Gasteiger partial charge in [0.2, 0.25) is 0 Å². The van der Waals surface area contributed by atoms with Gasteiger partial charge in [-0.2, -0.15) is 5.10 Å². The second-order valence-electron chi connectivity index (χ2n) is 4.83. The van der Waals surface area contributed by atoms with Crippen molar-refractivity contribution in [2.75, 3.05) is 38.8 Å². The standard InChI is InChI=1S/C13H20ClN3O3/c1-19-7-4-17-13(18)12(14)11(9-16-17)15-8-10-2-5-20-6-3-10/h9-10,15H,2-8H2,1H3. The Balaban J connectivity index is 1.97. The van der Waals surface area contributed by atoms with E-state index in [9.17, 15) is 4.79 Å². The molecule has 0 atom stereocenters. The van der Waals surface area contributed by atoms with Crippen LogP contribution < -0.4 is 10.9 Å². The summed E-state index contributed by atoms with van der Waals surface area (Å²) in [7, 11) is 1.58. The van der Waals surface area contributed by atoms with E-state index in [0.29, 0.717) is 24.8 Å². The van der Waals surface area contributed by atoms with E-state index in [1.807, 2.05) is 0 Å². The fourth-order valence-corrected chi connectivity index (χ4v) is 2.34. The maximum atomic E-state index is 12.0. The maximum Gasteiger partial charge on any atom is 0.287 e. The van der Waals surface area contributed by atoms with Crippen LogP contribution >= 0.6 is 11.6 Å². The average Bonchev–Trinajstić information content (AvgIpc) is 2.49. The van der Waals surface area contributed by atoms with E-state index in [-0.39, 0.29) is 10.6 Å². The molecule has 1 aromatic rings. The molecule has 1 N–H and O–H groups in total. The number of halogens is 1. The monoisotopic (exact) mass is 301 g/mol. The first-order valence-corrected chi connectivity index (χ1v) is 7.16. The van der Waals surface area contributed by atoms with E-state index in [2.05, 4.69) is 10.4 Å². The zero-order valence-electron chi connectivity index (χ0n) is 11.6. The molecule has 1 aromatic heterocycles. The first-order valence-electron chi connectivity index (χ1n) is 6.78. The van der Waals surface area contributed by atoms with Crippen molar-refractivity contribution in [3.8, 4) is 0 Å². The first-order chi connectivity index (χ1) is 9.72. The highest BCUT2D eigenvalue weighted by molar-refractivity contribution is 6.32. The summed E-state index contributed by atoms with van der Waals surface area (Å²) < 4.78 is 11.6. The van der Waals surface area contributed by atoms with E-state index in [4.69, 9.17) is 21.1 Å². The van der Waals surface area contributed by atoms with Gasteiger partial charge >= 0.3 is 0 Å². The summed E-state index contributed by atoms with van der Waals surface area (Å²) in [5.74, 6) is 0.552. The second kappa shape index (κ2) is 7.61. The van der Waals surface area contributed by atoms with Crippen LogP contribution in [0.3, 0.4) is 0 Å². The minimum Gasteiger partial charge on any atom is -0.383 e. The Labute approximate surface area is 123 Å². The molecule has 1 aliphatic rings. The minimum absolute atomic E-state index is 0.183. The van der Waals surface area contributed by atoms with Crippen LogP contribution in [0.2, 0.25) is 5.02 Å². The molecule has 1 saturated heterocycles. The molecule has 1 aliphatic heterocycles. The van der Waals surface area contributed by atoms with Gasteiger partial charge in [-0.25, -0.2) is 4.68 Å². The van der Waals surface area contributed by atoms with E-state index in [1.165, 1.54) is 4.68 Å². The quantitative estimate of drug-likeness (QED) is 0.860. The minimum atomic E-state index is -0.291. The lowest BCUT2D eigenvalue weighted by Crippen LogP contribution is -2.27. The van der Waals surface area contributed by atoms with Crippen LogP contribution in [-0.4, -0.2) is 43.3 Å². The Morgan fingerprint density at radius 1 is 1.55 bits per heavy atom. The zero-order valence-corrected chi connectivity index (χ0v) is 12.4. The van der Waals surface area contributed by atoms with Crippen LogP contribution in [0.1, 0.15) is 12.8 Å². The van der Waals surface area contributed by atoms with Gasteiger partial charge in [0.05, 0.1) is 25.0 Å². The molecule has 0 bridgehead atoms. The Morgan fingerprint density at radius 2 is 2.30 bits per heavy atom. The molecule has 0 radical (unpaired) electrons. The third-order valence-electron chi connectivity index (χ3n) is 3.41. The van der Waals surface area contributed by atoms with Crippen LogP contribution in [0.25, 0.3) is 0 Å². The molecule has 0 amide bonds. The molecule has 20 heavy (non-hydrogen) atoms. The summed E-state index contributed by atoms with van der Waals surface area (Å²) in [6.45, 7) is 3.22. The Hall–Kier alpha value is -1.11. The predicted molar refractivity (Wildman–Crippen MR) is 77.4 cm³/mol. The maximum absolute atomic E-state index is 12.0. The molecule has 2 rings (SSSR count). The van der Waals surface area contributed by atoms with Crippen molar-refractivity contribution < 1.29 is 9.47 Å². The van der Waals surface area contributed by atoms with Crippen molar-refractivity contribution in [2.45, 2.75) is 19.4 Å². The number of hydrogen-bond acceptors (Lipinski definition) is 5. The summed E-state index contributed by atoms with van der Waals surface area (Å²) in [4.78, 5) is 12.0. The SMILES string of the molecule is COCCn1ncc(NCC2CCOCC2)c(Cl)c1=O. The summed E-state index contributed by atoms with van der Waals surface area (Å²) in [5, 5.41) is 7.49. The van der Waals surface area contributed by atoms with Crippen molar-refractivity contribution in [2.24, 2.45) is 5.92 Å². The molecule has 0 aliphatic carbocycles. The number of anilines is 1. The van der Waals surface area contributed by atoms with Gasteiger partial charge in [0.25, 0.3) is 5.56 Å². The average molecular weight is 302 g/mol. The van der Waals surface area contributed by atoms with Crippen LogP contribution in [0.4, 0.5) is 5.69 Å². The fourth-order valence-electron chi connectivity index (χ4n) is 2.13. The van der Waals surface area contributed by atoms with Crippen LogP contribution in [0.15, 0.2) is 11.0 Å². The lowest BCUT2D eigenvalue weighted by molar-refractivity contribution is 0.0699. The zero-order chi connectivity index (χ0) is 14.4. The molecule has 112 valence electrons. The number of aromatic nitrogens is 2. The lowest BCUT2D eigenvalue weighted by Gasteiger charge is -2.22. The van der Waals surface area contributed by atoms with Crippen LogP contribution in [-0.2, 0) is 16.0 Å². The Bertz CT molecular complexity index is 486. The molecule has 0 spiro atoms. The Kier molecular flexibility index (Phi) is 5.82. The van der Waals surface area contributed by atoms with Crippen molar-refractivity contribution in [3.63, 3.8) is 0 Å². The normalized spacial score (nSPS) is 16.3. The number of nitrogens with zero attached hydrogens (tertiary/aromatic N) is 2. The summed E-state index contributed by atoms with van der Waals surface area (Å²) >= 11 is 6.09. The number of ether oxygens (including phenoxy) is 2. The van der Waals surface area contributed by atoms with Gasteiger partial charge in [0.1, 0.15) is 5.02 Å². The van der Waals surface area contributed by atoms with E-state index in [1.54, 1.807) is 13.3 Å². The summed E-state index contributed by atoms with van der Waals surface area (Å²) in [6, 6.07) is 0. The molecule has 1 fully saturated rings. The molecule has 0 unspecified atom stereocenters. The van der Waals surface area contributed by atoms with E-state index < -0.39 is 0 Å². The summed E-state index contributed by atoms with van der Waals surface area (Å²) in [6.07, 6.45) is 3.66. The third kappa shape index (κ3) is 3.94. The largest absolute Gasteiger partial charge is 0.383 e. The molecule has 0 aromatic carbocycles. The number of rotatable bonds is 6. The van der Waals surface area contributed by atoms with Gasteiger partial charge < -0.3 is 14.8 Å². The van der Waals surface area contributed by atoms with Crippen molar-refractivity contribution in [3.05, 3.63) is 21.6 Å². The number of nitrogens with one attached hydrogen (secondary N) is 1. The smallest absolute Gasteiger partial charge is 0.287 e. The number of hydrogen-bond donors (Lipinski definition) is 1. The molecular weight excluding hydrogens is 282 g/mol. The lowest BCUT2D eigenvalue weighted by atomic mass is 10.0.